The van der Waals surface area contributed by atoms with Crippen LogP contribution in [0.4, 0.5) is 17.5 Å². The van der Waals surface area contributed by atoms with Gasteiger partial charge in [0, 0.05) is 5.69 Å². The second-order valence-corrected chi connectivity index (χ2v) is 5.12. The number of nitrogens with one attached hydrogen (secondary N) is 1. The van der Waals surface area contributed by atoms with Crippen LogP contribution in [-0.4, -0.2) is 31.0 Å². The van der Waals surface area contributed by atoms with Gasteiger partial charge in [0.25, 0.3) is 0 Å². The second-order valence-electron chi connectivity index (χ2n) is 5.12. The van der Waals surface area contributed by atoms with Gasteiger partial charge in [-0.3, -0.25) is 4.79 Å². The van der Waals surface area contributed by atoms with Crippen molar-refractivity contribution < 1.29 is 9.90 Å². The van der Waals surface area contributed by atoms with E-state index in [0.29, 0.717) is 23.4 Å². The lowest BCUT2D eigenvalue weighted by Gasteiger charge is -2.08. The van der Waals surface area contributed by atoms with Gasteiger partial charge < -0.3 is 21.9 Å². The van der Waals surface area contributed by atoms with E-state index in [0.717, 1.165) is 11.3 Å². The SMILES string of the molecule is Nc1nc(N)c2nc(CNc3ccc(CC(=O)O)cc3)cnc2n1. The van der Waals surface area contributed by atoms with Crippen LogP contribution in [0.15, 0.2) is 30.5 Å². The van der Waals surface area contributed by atoms with Gasteiger partial charge in [-0.25, -0.2) is 9.97 Å². The molecular weight excluding hydrogens is 310 g/mol. The number of aromatic nitrogens is 4. The Hall–Kier alpha value is -3.49. The molecule has 0 radical (unpaired) electrons. The summed E-state index contributed by atoms with van der Waals surface area (Å²) in [6.07, 6.45) is 1.58. The highest BCUT2D eigenvalue weighted by atomic mass is 16.4. The smallest absolute Gasteiger partial charge is 0.307 e. The fourth-order valence-electron chi connectivity index (χ4n) is 2.18. The lowest BCUT2D eigenvalue weighted by atomic mass is 10.1. The predicted molar refractivity (Wildman–Crippen MR) is 89.1 cm³/mol. The zero-order valence-corrected chi connectivity index (χ0v) is 12.6. The lowest BCUT2D eigenvalue weighted by Crippen LogP contribution is -2.07. The fourth-order valence-corrected chi connectivity index (χ4v) is 2.18. The third kappa shape index (κ3) is 3.46. The van der Waals surface area contributed by atoms with Gasteiger partial charge in [-0.1, -0.05) is 12.1 Å². The Labute approximate surface area is 136 Å². The van der Waals surface area contributed by atoms with E-state index in [2.05, 4.69) is 25.3 Å². The van der Waals surface area contributed by atoms with Crippen LogP contribution in [0.1, 0.15) is 11.3 Å². The van der Waals surface area contributed by atoms with E-state index >= 15 is 0 Å². The number of carboxylic acid groups (broad SMARTS) is 1. The Morgan fingerprint density at radius 2 is 1.88 bits per heavy atom. The Kier molecular flexibility index (Phi) is 4.06. The topological polar surface area (TPSA) is 153 Å². The zero-order chi connectivity index (χ0) is 17.1. The van der Waals surface area contributed by atoms with Crippen LogP contribution in [0.5, 0.6) is 0 Å². The molecular formula is C15H15N7O2. The number of nitrogen functional groups attached to an aromatic ring is 2. The highest BCUT2D eigenvalue weighted by Crippen LogP contribution is 2.16. The number of carboxylic acids is 1. The number of carbonyl (C=O) groups is 1. The van der Waals surface area contributed by atoms with Gasteiger partial charge in [0.2, 0.25) is 5.95 Å². The second kappa shape index (κ2) is 6.32. The highest BCUT2D eigenvalue weighted by molar-refractivity contribution is 5.81. The summed E-state index contributed by atoms with van der Waals surface area (Å²) in [7, 11) is 0. The molecule has 0 atom stereocenters. The van der Waals surface area contributed by atoms with E-state index in [9.17, 15) is 4.79 Å². The van der Waals surface area contributed by atoms with Crippen LogP contribution in [-0.2, 0) is 17.8 Å². The number of anilines is 3. The summed E-state index contributed by atoms with van der Waals surface area (Å²) in [6, 6.07) is 7.14. The molecule has 0 amide bonds. The first-order chi connectivity index (χ1) is 11.5. The molecule has 0 aliphatic carbocycles. The maximum absolute atomic E-state index is 10.7. The largest absolute Gasteiger partial charge is 0.481 e. The number of nitrogens with zero attached hydrogens (tertiary/aromatic N) is 4. The van der Waals surface area contributed by atoms with Crippen molar-refractivity contribution in [3.8, 4) is 0 Å². The molecule has 0 spiro atoms. The molecule has 24 heavy (non-hydrogen) atoms. The maximum atomic E-state index is 10.7. The molecule has 3 rings (SSSR count). The van der Waals surface area contributed by atoms with Crippen molar-refractivity contribution >= 4 is 34.6 Å². The molecule has 0 aliphatic heterocycles. The van der Waals surface area contributed by atoms with E-state index in [-0.39, 0.29) is 18.2 Å². The molecule has 0 fully saturated rings. The molecule has 9 nitrogen and oxygen atoms in total. The van der Waals surface area contributed by atoms with Crippen LogP contribution in [0.2, 0.25) is 0 Å². The Morgan fingerprint density at radius 1 is 1.12 bits per heavy atom. The first-order valence-electron chi connectivity index (χ1n) is 7.10. The minimum Gasteiger partial charge on any atom is -0.481 e. The van der Waals surface area contributed by atoms with E-state index in [1.165, 1.54) is 0 Å². The molecule has 2 heterocycles. The average Bonchev–Trinajstić information content (AvgIpc) is 2.54. The number of rotatable bonds is 5. The van der Waals surface area contributed by atoms with E-state index in [1.807, 2.05) is 12.1 Å². The Morgan fingerprint density at radius 3 is 2.58 bits per heavy atom. The summed E-state index contributed by atoms with van der Waals surface area (Å²) >= 11 is 0. The summed E-state index contributed by atoms with van der Waals surface area (Å²) in [6.45, 7) is 0.422. The third-order valence-corrected chi connectivity index (χ3v) is 3.28. The van der Waals surface area contributed by atoms with Crippen molar-refractivity contribution in [1.82, 2.24) is 19.9 Å². The summed E-state index contributed by atoms with van der Waals surface area (Å²) < 4.78 is 0. The number of hydrogen-bond donors (Lipinski definition) is 4. The number of nitrogens with two attached hydrogens (primary N) is 2. The normalized spacial score (nSPS) is 10.7. The van der Waals surface area contributed by atoms with Crippen molar-refractivity contribution in [1.29, 1.82) is 0 Å². The van der Waals surface area contributed by atoms with Crippen LogP contribution in [0.25, 0.3) is 11.2 Å². The molecule has 3 aromatic rings. The van der Waals surface area contributed by atoms with Crippen molar-refractivity contribution in [2.75, 3.05) is 16.8 Å². The molecule has 0 unspecified atom stereocenters. The predicted octanol–water partition coefficient (Wildman–Crippen LogP) is 0.823. The van der Waals surface area contributed by atoms with Crippen LogP contribution in [0.3, 0.4) is 0 Å². The van der Waals surface area contributed by atoms with Crippen LogP contribution < -0.4 is 16.8 Å². The van der Waals surface area contributed by atoms with Gasteiger partial charge >= 0.3 is 5.97 Å². The fraction of sp³-hybridized carbons (Fsp3) is 0.133. The van der Waals surface area contributed by atoms with Crippen molar-refractivity contribution in [3.05, 3.63) is 41.7 Å². The van der Waals surface area contributed by atoms with Gasteiger partial charge in [0.05, 0.1) is 24.9 Å². The van der Waals surface area contributed by atoms with Crippen molar-refractivity contribution in [2.24, 2.45) is 0 Å². The van der Waals surface area contributed by atoms with Gasteiger partial charge in [-0.15, -0.1) is 0 Å². The van der Waals surface area contributed by atoms with E-state index in [1.54, 1.807) is 18.3 Å². The van der Waals surface area contributed by atoms with Gasteiger partial charge in [-0.05, 0) is 17.7 Å². The Bertz CT molecular complexity index is 896. The number of hydrogen-bond acceptors (Lipinski definition) is 8. The quantitative estimate of drug-likeness (QED) is 0.534. The molecule has 6 N–H and O–H groups in total. The minimum atomic E-state index is -0.859. The first kappa shape index (κ1) is 15.4. The molecule has 0 aliphatic rings. The molecule has 0 bridgehead atoms. The maximum Gasteiger partial charge on any atom is 0.307 e. The number of benzene rings is 1. The minimum absolute atomic E-state index is 0.00115. The zero-order valence-electron chi connectivity index (χ0n) is 12.6. The number of aliphatic carboxylic acids is 1. The molecule has 1 aromatic carbocycles. The first-order valence-corrected chi connectivity index (χ1v) is 7.10. The molecule has 0 saturated carbocycles. The standard InChI is InChI=1S/C15H15N7O2/c16-13-12-14(22-15(17)21-13)19-7-10(20-12)6-18-9-3-1-8(2-4-9)5-11(23)24/h1-4,7,18H,5-6H2,(H,23,24)(H4,16,17,19,21,22). The molecule has 2 aromatic heterocycles. The molecule has 122 valence electrons. The van der Waals surface area contributed by atoms with Crippen molar-refractivity contribution in [2.45, 2.75) is 13.0 Å². The third-order valence-electron chi connectivity index (χ3n) is 3.28. The van der Waals surface area contributed by atoms with Crippen LogP contribution >= 0.6 is 0 Å². The average molecular weight is 325 g/mol. The number of fused-ring (bicyclic) bond motifs is 1. The summed E-state index contributed by atoms with van der Waals surface area (Å²) in [4.78, 5) is 27.1. The van der Waals surface area contributed by atoms with Gasteiger partial charge in [0.1, 0.15) is 0 Å². The summed E-state index contributed by atoms with van der Waals surface area (Å²) in [5.74, 6) is -0.617. The molecule has 0 saturated heterocycles. The van der Waals surface area contributed by atoms with E-state index in [4.69, 9.17) is 16.6 Å². The highest BCUT2D eigenvalue weighted by Gasteiger charge is 2.07. The summed E-state index contributed by atoms with van der Waals surface area (Å²) in [5, 5.41) is 11.9. The van der Waals surface area contributed by atoms with Crippen LogP contribution in [0, 0.1) is 0 Å². The van der Waals surface area contributed by atoms with Gasteiger partial charge in [-0.2, -0.15) is 9.97 Å². The van der Waals surface area contributed by atoms with Gasteiger partial charge in [0.15, 0.2) is 17.0 Å². The monoisotopic (exact) mass is 325 g/mol. The summed E-state index contributed by atoms with van der Waals surface area (Å²) in [5.41, 5.74) is 14.3. The molecule has 9 heteroatoms. The van der Waals surface area contributed by atoms with Crippen molar-refractivity contribution in [3.63, 3.8) is 0 Å². The van der Waals surface area contributed by atoms with E-state index < -0.39 is 5.97 Å². The Balaban J connectivity index is 1.72. The lowest BCUT2D eigenvalue weighted by molar-refractivity contribution is -0.136.